The average Bonchev–Trinajstić information content (AvgIpc) is 2.33. The molecule has 0 saturated carbocycles. The van der Waals surface area contributed by atoms with E-state index in [0.29, 0.717) is 17.6 Å². The van der Waals surface area contributed by atoms with E-state index in [1.165, 1.54) is 4.31 Å². The molecule has 0 aromatic heterocycles. The van der Waals surface area contributed by atoms with Crippen molar-refractivity contribution in [1.29, 1.82) is 0 Å². The summed E-state index contributed by atoms with van der Waals surface area (Å²) in [6.07, 6.45) is 1.67. The van der Waals surface area contributed by atoms with Crippen LogP contribution in [-0.4, -0.2) is 31.2 Å². The molecule has 1 unspecified atom stereocenters. The van der Waals surface area contributed by atoms with Crippen LogP contribution in [-0.2, 0) is 10.0 Å². The normalized spacial score (nSPS) is 21.6. The van der Waals surface area contributed by atoms with Gasteiger partial charge in [-0.3, -0.25) is 0 Å². The van der Waals surface area contributed by atoms with E-state index in [1.807, 2.05) is 6.92 Å². The molecule has 1 saturated heterocycles. The fourth-order valence-electron chi connectivity index (χ4n) is 2.08. The third-order valence-electron chi connectivity index (χ3n) is 3.16. The number of halogens is 3. The van der Waals surface area contributed by atoms with Crippen LogP contribution in [0.25, 0.3) is 0 Å². The van der Waals surface area contributed by atoms with Crippen molar-refractivity contribution >= 4 is 53.5 Å². The van der Waals surface area contributed by atoms with Gasteiger partial charge in [0.05, 0.1) is 4.90 Å². The van der Waals surface area contributed by atoms with E-state index in [9.17, 15) is 8.42 Å². The third-order valence-corrected chi connectivity index (χ3v) is 7.19. The Kier molecular flexibility index (Phi) is 4.99. The van der Waals surface area contributed by atoms with E-state index >= 15 is 0 Å². The first-order valence-electron chi connectivity index (χ1n) is 5.92. The predicted octanol–water partition coefficient (Wildman–Crippen LogP) is 3.91. The van der Waals surface area contributed by atoms with Crippen molar-refractivity contribution in [3.63, 3.8) is 0 Å². The Balaban J connectivity index is 2.42. The molecule has 0 bridgehead atoms. The molecule has 1 aliphatic heterocycles. The molecular weight excluding hydrogens is 417 g/mol. The highest BCUT2D eigenvalue weighted by atomic mass is 79.9. The van der Waals surface area contributed by atoms with Gasteiger partial charge in [-0.1, -0.05) is 15.9 Å². The summed E-state index contributed by atoms with van der Waals surface area (Å²) in [5.74, 6) is 0. The van der Waals surface area contributed by atoms with E-state index in [-0.39, 0.29) is 10.3 Å². The smallest absolute Gasteiger partial charge is 0.207 e. The van der Waals surface area contributed by atoms with E-state index in [4.69, 9.17) is 11.6 Å². The summed E-state index contributed by atoms with van der Waals surface area (Å²) in [6.45, 7) is 2.83. The molecule has 0 N–H and O–H groups in total. The molecule has 7 heteroatoms. The Morgan fingerprint density at radius 3 is 2.63 bits per heavy atom. The maximum atomic E-state index is 12.6. The summed E-state index contributed by atoms with van der Waals surface area (Å²) >= 11 is 12.8. The molecule has 19 heavy (non-hydrogen) atoms. The van der Waals surface area contributed by atoms with Crippen LogP contribution in [0.15, 0.2) is 26.0 Å². The van der Waals surface area contributed by atoms with Gasteiger partial charge in [0.2, 0.25) is 10.0 Å². The number of rotatable bonds is 2. The third kappa shape index (κ3) is 3.35. The molecule has 1 fully saturated rings. The van der Waals surface area contributed by atoms with Crippen LogP contribution in [0, 0.1) is 6.92 Å². The molecule has 0 aliphatic carbocycles. The van der Waals surface area contributed by atoms with Crippen LogP contribution in [0.5, 0.6) is 0 Å². The average molecular weight is 432 g/mol. The second kappa shape index (κ2) is 6.02. The first-order valence-corrected chi connectivity index (χ1v) is 9.38. The minimum Gasteiger partial charge on any atom is -0.207 e. The van der Waals surface area contributed by atoms with Crippen LogP contribution in [0.2, 0.25) is 0 Å². The second-order valence-corrected chi connectivity index (χ2v) is 8.87. The zero-order valence-corrected chi connectivity index (χ0v) is 15.1. The number of nitrogens with zero attached hydrogens (tertiary/aromatic N) is 1. The summed E-state index contributed by atoms with van der Waals surface area (Å²) in [7, 11) is -3.49. The molecule has 2 rings (SSSR count). The molecule has 106 valence electrons. The van der Waals surface area contributed by atoms with Gasteiger partial charge < -0.3 is 0 Å². The topological polar surface area (TPSA) is 37.4 Å². The van der Waals surface area contributed by atoms with Crippen molar-refractivity contribution in [3.05, 3.63) is 26.6 Å². The van der Waals surface area contributed by atoms with Crippen LogP contribution in [0.4, 0.5) is 0 Å². The molecule has 0 spiro atoms. The van der Waals surface area contributed by atoms with E-state index in [1.54, 1.807) is 12.1 Å². The molecule has 1 aliphatic rings. The lowest BCUT2D eigenvalue weighted by molar-refractivity contribution is 0.350. The van der Waals surface area contributed by atoms with Gasteiger partial charge in [0.15, 0.2) is 0 Å². The lowest BCUT2D eigenvalue weighted by Crippen LogP contribution is -2.40. The van der Waals surface area contributed by atoms with Gasteiger partial charge in [0, 0.05) is 27.4 Å². The predicted molar refractivity (Wildman–Crippen MR) is 84.2 cm³/mol. The fourth-order valence-corrected chi connectivity index (χ4v) is 5.64. The van der Waals surface area contributed by atoms with Crippen molar-refractivity contribution in [2.45, 2.75) is 30.0 Å². The van der Waals surface area contributed by atoms with E-state index in [0.717, 1.165) is 22.9 Å². The lowest BCUT2D eigenvalue weighted by Gasteiger charge is -2.29. The Morgan fingerprint density at radius 1 is 1.32 bits per heavy atom. The lowest BCUT2D eigenvalue weighted by atomic mass is 10.2. The molecule has 1 aromatic rings. The molecule has 0 amide bonds. The van der Waals surface area contributed by atoms with Crippen LogP contribution >= 0.6 is 43.5 Å². The zero-order chi connectivity index (χ0) is 14.2. The summed E-state index contributed by atoms with van der Waals surface area (Å²) in [4.78, 5) is 0.288. The van der Waals surface area contributed by atoms with Crippen molar-refractivity contribution in [3.8, 4) is 0 Å². The Bertz CT molecular complexity index is 592. The van der Waals surface area contributed by atoms with Gasteiger partial charge in [-0.2, -0.15) is 4.31 Å². The van der Waals surface area contributed by atoms with Gasteiger partial charge in [0.25, 0.3) is 0 Å². The van der Waals surface area contributed by atoms with E-state index < -0.39 is 10.0 Å². The van der Waals surface area contributed by atoms with Crippen LogP contribution < -0.4 is 0 Å². The van der Waals surface area contributed by atoms with Crippen molar-refractivity contribution in [2.75, 3.05) is 13.1 Å². The summed E-state index contributed by atoms with van der Waals surface area (Å²) in [5, 5.41) is -0.101. The van der Waals surface area contributed by atoms with Gasteiger partial charge in [-0.25, -0.2) is 8.42 Å². The number of alkyl halides is 1. The van der Waals surface area contributed by atoms with Gasteiger partial charge in [-0.15, -0.1) is 11.6 Å². The number of sulfonamides is 1. The number of piperidine rings is 1. The minimum absolute atomic E-state index is 0.101. The molecular formula is C12H14Br2ClNO2S. The number of hydrogen-bond donors (Lipinski definition) is 0. The second-order valence-electron chi connectivity index (χ2n) is 4.63. The van der Waals surface area contributed by atoms with Crippen molar-refractivity contribution in [2.24, 2.45) is 0 Å². The number of benzene rings is 1. The SMILES string of the molecule is Cc1cc(Br)c(S(=O)(=O)N2CCCC(Cl)C2)cc1Br. The zero-order valence-electron chi connectivity index (χ0n) is 10.4. The highest BCUT2D eigenvalue weighted by Crippen LogP contribution is 2.32. The van der Waals surface area contributed by atoms with Gasteiger partial charge in [0.1, 0.15) is 0 Å². The van der Waals surface area contributed by atoms with Crippen LogP contribution in [0.1, 0.15) is 18.4 Å². The maximum absolute atomic E-state index is 12.6. The monoisotopic (exact) mass is 429 g/mol. The first kappa shape index (κ1) is 15.8. The fraction of sp³-hybridized carbons (Fsp3) is 0.500. The largest absolute Gasteiger partial charge is 0.244 e. The first-order chi connectivity index (χ1) is 8.82. The molecule has 1 aromatic carbocycles. The summed E-state index contributed by atoms with van der Waals surface area (Å²) in [6, 6.07) is 3.45. The number of hydrogen-bond acceptors (Lipinski definition) is 2. The molecule has 1 heterocycles. The summed E-state index contributed by atoms with van der Waals surface area (Å²) in [5.41, 5.74) is 0.986. The highest BCUT2D eigenvalue weighted by molar-refractivity contribution is 9.11. The Labute approximate surface area is 135 Å². The Hall–Kier alpha value is 0.380. The highest BCUT2D eigenvalue weighted by Gasteiger charge is 2.31. The van der Waals surface area contributed by atoms with Crippen LogP contribution in [0.3, 0.4) is 0 Å². The summed E-state index contributed by atoms with van der Waals surface area (Å²) < 4.78 is 28.1. The standard InChI is InChI=1S/C12H14Br2ClNO2S/c1-8-5-11(14)12(6-10(8)13)19(17,18)16-4-2-3-9(15)7-16/h5-6,9H,2-4,7H2,1H3. The molecule has 1 atom stereocenters. The van der Waals surface area contributed by atoms with Crippen molar-refractivity contribution < 1.29 is 8.42 Å². The molecule has 3 nitrogen and oxygen atoms in total. The quantitative estimate of drug-likeness (QED) is 0.666. The van der Waals surface area contributed by atoms with Crippen molar-refractivity contribution in [1.82, 2.24) is 4.31 Å². The minimum atomic E-state index is -3.49. The van der Waals surface area contributed by atoms with Gasteiger partial charge >= 0.3 is 0 Å². The molecule has 0 radical (unpaired) electrons. The maximum Gasteiger partial charge on any atom is 0.244 e. The van der Waals surface area contributed by atoms with E-state index in [2.05, 4.69) is 31.9 Å². The van der Waals surface area contributed by atoms with Gasteiger partial charge in [-0.05, 0) is 53.4 Å². The Morgan fingerprint density at radius 2 is 2.00 bits per heavy atom. The number of aryl methyl sites for hydroxylation is 1.